The zero-order valence-electron chi connectivity index (χ0n) is 13.9. The molecule has 8 heteroatoms. The van der Waals surface area contributed by atoms with Crippen LogP contribution in [0.15, 0.2) is 53.2 Å². The van der Waals surface area contributed by atoms with Crippen molar-refractivity contribution in [1.29, 1.82) is 0 Å². The van der Waals surface area contributed by atoms with Crippen LogP contribution in [-0.2, 0) is 6.18 Å². The van der Waals surface area contributed by atoms with Crippen molar-refractivity contribution in [2.75, 3.05) is 16.9 Å². The maximum absolute atomic E-state index is 13.1. The highest BCUT2D eigenvalue weighted by atomic mass is 32.2. The van der Waals surface area contributed by atoms with Gasteiger partial charge >= 0.3 is 6.18 Å². The molecule has 2 aromatic heterocycles. The Bertz CT molecular complexity index is 873. The summed E-state index contributed by atoms with van der Waals surface area (Å²) >= 11 is 1.59. The van der Waals surface area contributed by atoms with Gasteiger partial charge in [0.15, 0.2) is 5.75 Å². The first-order chi connectivity index (χ1) is 12.4. The minimum Gasteiger partial charge on any atom is -0.503 e. The van der Waals surface area contributed by atoms with Crippen LogP contribution in [0.25, 0.3) is 17.0 Å². The molecule has 3 aromatic rings. The van der Waals surface area contributed by atoms with Gasteiger partial charge in [-0.05, 0) is 35.6 Å². The molecule has 26 heavy (non-hydrogen) atoms. The zero-order chi connectivity index (χ0) is 18.7. The first-order valence-corrected chi connectivity index (χ1v) is 9.05. The van der Waals surface area contributed by atoms with E-state index in [0.717, 1.165) is 17.9 Å². The van der Waals surface area contributed by atoms with Crippen LogP contribution in [0.1, 0.15) is 12.5 Å². The average molecular weight is 382 g/mol. The normalized spacial score (nSPS) is 11.7. The van der Waals surface area contributed by atoms with Gasteiger partial charge in [0.2, 0.25) is 11.8 Å². The van der Waals surface area contributed by atoms with Crippen LogP contribution in [0.4, 0.5) is 19.1 Å². The van der Waals surface area contributed by atoms with Crippen molar-refractivity contribution in [1.82, 2.24) is 4.57 Å². The molecule has 0 aliphatic carbocycles. The number of hydrogen-bond donors (Lipinski definition) is 2. The van der Waals surface area contributed by atoms with Crippen LogP contribution in [0, 0.1) is 0 Å². The number of rotatable bonds is 6. The van der Waals surface area contributed by atoms with Crippen LogP contribution < -0.4 is 5.32 Å². The van der Waals surface area contributed by atoms with Crippen LogP contribution in [0.2, 0.25) is 0 Å². The van der Waals surface area contributed by atoms with Crippen molar-refractivity contribution < 1.29 is 22.7 Å². The lowest BCUT2D eigenvalue weighted by molar-refractivity contribution is -0.137. The van der Waals surface area contributed by atoms with Crippen molar-refractivity contribution in [2.24, 2.45) is 0 Å². The molecule has 0 fully saturated rings. The van der Waals surface area contributed by atoms with Gasteiger partial charge in [0, 0.05) is 12.4 Å². The summed E-state index contributed by atoms with van der Waals surface area (Å²) < 4.78 is 46.4. The molecule has 138 valence electrons. The molecule has 0 amide bonds. The smallest absolute Gasteiger partial charge is 0.416 e. The van der Waals surface area contributed by atoms with E-state index in [1.165, 1.54) is 12.1 Å². The minimum absolute atomic E-state index is 0.145. The fourth-order valence-corrected chi connectivity index (χ4v) is 2.95. The molecule has 0 saturated heterocycles. The Kier molecular flexibility index (Phi) is 5.22. The standard InChI is InChI=1S/C18H17F3N2O2S/c1-2-26-11-22-16-14(12-6-5-7-13(10-12)18(19,20)21)15(24)17(25-16)23-8-3-4-9-23/h3-10,22,24H,2,11H2,1H3. The lowest BCUT2D eigenvalue weighted by Crippen LogP contribution is -2.04. The van der Waals surface area contributed by atoms with E-state index in [4.69, 9.17) is 4.42 Å². The summed E-state index contributed by atoms with van der Waals surface area (Å²) in [7, 11) is 0. The van der Waals surface area contributed by atoms with E-state index in [0.29, 0.717) is 5.88 Å². The highest BCUT2D eigenvalue weighted by Crippen LogP contribution is 2.44. The topological polar surface area (TPSA) is 50.3 Å². The van der Waals surface area contributed by atoms with Gasteiger partial charge in [-0.3, -0.25) is 4.57 Å². The van der Waals surface area contributed by atoms with Gasteiger partial charge in [-0.1, -0.05) is 19.1 Å². The van der Waals surface area contributed by atoms with Crippen LogP contribution in [0.5, 0.6) is 5.75 Å². The molecule has 4 nitrogen and oxygen atoms in total. The summed E-state index contributed by atoms with van der Waals surface area (Å²) in [6.07, 6.45) is -1.11. The third-order valence-electron chi connectivity index (χ3n) is 3.72. The van der Waals surface area contributed by atoms with Gasteiger partial charge in [0.1, 0.15) is 0 Å². The van der Waals surface area contributed by atoms with Gasteiger partial charge in [-0.2, -0.15) is 13.2 Å². The molecule has 0 aliphatic heterocycles. The zero-order valence-corrected chi connectivity index (χ0v) is 14.7. The number of anilines is 1. The summed E-state index contributed by atoms with van der Waals surface area (Å²) in [5, 5.41) is 13.7. The fraction of sp³-hybridized carbons (Fsp3) is 0.222. The number of halogens is 3. The Morgan fingerprint density at radius 1 is 1.19 bits per heavy atom. The number of aromatic nitrogens is 1. The molecular weight excluding hydrogens is 365 g/mol. The highest BCUT2D eigenvalue weighted by molar-refractivity contribution is 7.99. The van der Waals surface area contributed by atoms with E-state index in [1.807, 2.05) is 6.92 Å². The van der Waals surface area contributed by atoms with Crippen molar-refractivity contribution >= 4 is 17.6 Å². The lowest BCUT2D eigenvalue weighted by atomic mass is 10.0. The Morgan fingerprint density at radius 2 is 1.92 bits per heavy atom. The van der Waals surface area contributed by atoms with Gasteiger partial charge < -0.3 is 14.8 Å². The van der Waals surface area contributed by atoms with E-state index in [1.54, 1.807) is 40.9 Å². The molecule has 0 spiro atoms. The Hall–Kier alpha value is -2.48. The van der Waals surface area contributed by atoms with Crippen LogP contribution >= 0.6 is 11.8 Å². The SMILES string of the molecule is CCSCNc1oc(-n2cccc2)c(O)c1-c1cccc(C(F)(F)F)c1. The molecular formula is C18H17F3N2O2S. The molecule has 3 rings (SSSR count). The van der Waals surface area contributed by atoms with Crippen LogP contribution in [-0.4, -0.2) is 21.3 Å². The van der Waals surface area contributed by atoms with E-state index in [2.05, 4.69) is 5.32 Å². The molecule has 0 bridgehead atoms. The van der Waals surface area contributed by atoms with E-state index in [-0.39, 0.29) is 28.6 Å². The molecule has 2 N–H and O–H groups in total. The third-order valence-corrected chi connectivity index (χ3v) is 4.48. The number of thioether (sulfide) groups is 1. The van der Waals surface area contributed by atoms with Crippen molar-refractivity contribution in [3.8, 4) is 22.8 Å². The summed E-state index contributed by atoms with van der Waals surface area (Å²) in [6, 6.07) is 8.33. The number of furan rings is 1. The van der Waals surface area contributed by atoms with Gasteiger partial charge in [-0.25, -0.2) is 0 Å². The quantitative estimate of drug-likeness (QED) is 0.431. The van der Waals surface area contributed by atoms with Crippen molar-refractivity contribution in [3.05, 3.63) is 54.4 Å². The van der Waals surface area contributed by atoms with Gasteiger partial charge in [0.25, 0.3) is 0 Å². The van der Waals surface area contributed by atoms with Gasteiger partial charge in [-0.15, -0.1) is 11.8 Å². The molecule has 0 aliphatic rings. The minimum atomic E-state index is -4.47. The molecule has 0 atom stereocenters. The number of benzene rings is 1. The average Bonchev–Trinajstić information content (AvgIpc) is 3.22. The van der Waals surface area contributed by atoms with Crippen molar-refractivity contribution in [3.63, 3.8) is 0 Å². The summed E-state index contributed by atoms with van der Waals surface area (Å²) in [6.45, 7) is 1.99. The molecule has 0 radical (unpaired) electrons. The Labute approximate surface area is 152 Å². The highest BCUT2D eigenvalue weighted by Gasteiger charge is 2.31. The molecule has 0 unspecified atom stereocenters. The largest absolute Gasteiger partial charge is 0.503 e. The Morgan fingerprint density at radius 3 is 2.58 bits per heavy atom. The number of aromatic hydroxyl groups is 1. The first-order valence-electron chi connectivity index (χ1n) is 7.90. The fourth-order valence-electron chi connectivity index (χ4n) is 2.52. The predicted molar refractivity (Wildman–Crippen MR) is 96.8 cm³/mol. The molecule has 0 saturated carbocycles. The van der Waals surface area contributed by atoms with E-state index < -0.39 is 11.7 Å². The van der Waals surface area contributed by atoms with Crippen LogP contribution in [0.3, 0.4) is 0 Å². The monoisotopic (exact) mass is 382 g/mol. The maximum Gasteiger partial charge on any atom is 0.416 e. The maximum atomic E-state index is 13.1. The van der Waals surface area contributed by atoms with E-state index >= 15 is 0 Å². The predicted octanol–water partition coefficient (Wildman–Crippen LogP) is 5.58. The number of nitrogens with zero attached hydrogens (tertiary/aromatic N) is 1. The Balaban J connectivity index is 2.10. The second-order valence-electron chi connectivity index (χ2n) is 5.44. The first kappa shape index (κ1) is 18.3. The molecule has 1 aromatic carbocycles. The van der Waals surface area contributed by atoms with Gasteiger partial charge in [0.05, 0.1) is 17.0 Å². The second kappa shape index (κ2) is 7.41. The third kappa shape index (κ3) is 3.70. The van der Waals surface area contributed by atoms with E-state index in [9.17, 15) is 18.3 Å². The lowest BCUT2D eigenvalue weighted by Gasteiger charge is -2.09. The molecule has 2 heterocycles. The summed E-state index contributed by atoms with van der Waals surface area (Å²) in [5.41, 5.74) is -0.355. The number of nitrogens with one attached hydrogen (secondary N) is 1. The van der Waals surface area contributed by atoms with Crippen molar-refractivity contribution in [2.45, 2.75) is 13.1 Å². The number of alkyl halides is 3. The second-order valence-corrected chi connectivity index (χ2v) is 6.72. The summed E-state index contributed by atoms with van der Waals surface area (Å²) in [5.74, 6) is 1.52. The number of hydrogen-bond acceptors (Lipinski definition) is 4. The summed E-state index contributed by atoms with van der Waals surface area (Å²) in [4.78, 5) is 0.